The molecular formula is C30H39N3O3S2. The molecule has 0 saturated carbocycles. The average molecular weight is 554 g/mol. The molecule has 2 aliphatic rings. The van der Waals surface area contributed by atoms with Crippen molar-refractivity contribution < 1.29 is 14.3 Å². The number of anilines is 1. The van der Waals surface area contributed by atoms with E-state index in [0.29, 0.717) is 39.4 Å². The molecule has 2 heterocycles. The molecule has 0 saturated heterocycles. The number of carbonyl (C=O) groups excluding carboxylic acids is 2. The zero-order valence-electron chi connectivity index (χ0n) is 23.1. The van der Waals surface area contributed by atoms with Crippen LogP contribution in [0.4, 0.5) is 5.00 Å². The van der Waals surface area contributed by atoms with Crippen LogP contribution in [0.15, 0.2) is 11.1 Å². The number of ether oxygens (including phenoxy) is 1. The molecule has 0 aromatic carbocycles. The van der Waals surface area contributed by atoms with Gasteiger partial charge in [-0.1, -0.05) is 33.6 Å². The molecule has 6 nitrogen and oxygen atoms in total. The maximum Gasteiger partial charge on any atom is 0.341 e. The molecule has 0 radical (unpaired) electrons. The standard InChI is InChI=1S/C30H39N3O3S2/c1-5-36-29(35)26-22-10-8-6-7-9-11-24(22)38-28(26)33-25(34)14-15-37-27-20(18-31)16-19-17-21(30(2,3)4)12-13-23(19)32-27/h16,21H,5-15,17H2,1-4H3,(H,33,34). The Morgan fingerprint density at radius 3 is 2.68 bits per heavy atom. The van der Waals surface area contributed by atoms with Gasteiger partial charge in [0, 0.05) is 22.7 Å². The maximum atomic E-state index is 12.9. The predicted molar refractivity (Wildman–Crippen MR) is 154 cm³/mol. The summed E-state index contributed by atoms with van der Waals surface area (Å²) < 4.78 is 5.36. The number of aromatic nitrogens is 1. The van der Waals surface area contributed by atoms with Crippen LogP contribution in [0.3, 0.4) is 0 Å². The number of esters is 1. The van der Waals surface area contributed by atoms with Crippen molar-refractivity contribution in [1.29, 1.82) is 5.26 Å². The van der Waals surface area contributed by atoms with Crippen molar-refractivity contribution in [1.82, 2.24) is 4.98 Å². The second kappa shape index (κ2) is 12.7. The maximum absolute atomic E-state index is 12.9. The Balaban J connectivity index is 1.42. The van der Waals surface area contributed by atoms with Crippen molar-refractivity contribution in [2.45, 2.75) is 96.9 Å². The van der Waals surface area contributed by atoms with Crippen LogP contribution in [0, 0.1) is 22.7 Å². The van der Waals surface area contributed by atoms with Crippen LogP contribution < -0.4 is 5.32 Å². The Bertz CT molecular complexity index is 1220. The molecule has 2 aliphatic carbocycles. The first kappa shape index (κ1) is 28.6. The number of carbonyl (C=O) groups is 2. The minimum absolute atomic E-state index is 0.137. The third kappa shape index (κ3) is 6.79. The molecule has 38 heavy (non-hydrogen) atoms. The second-order valence-electron chi connectivity index (χ2n) is 11.4. The van der Waals surface area contributed by atoms with Crippen LogP contribution in [0.5, 0.6) is 0 Å². The van der Waals surface area contributed by atoms with Crippen LogP contribution in [-0.2, 0) is 35.2 Å². The summed E-state index contributed by atoms with van der Waals surface area (Å²) >= 11 is 2.98. The minimum atomic E-state index is -0.346. The number of nitrogens with one attached hydrogen (secondary N) is 1. The van der Waals surface area contributed by atoms with Gasteiger partial charge >= 0.3 is 5.97 Å². The zero-order valence-corrected chi connectivity index (χ0v) is 24.7. The van der Waals surface area contributed by atoms with E-state index in [0.717, 1.165) is 62.6 Å². The number of fused-ring (bicyclic) bond motifs is 2. The van der Waals surface area contributed by atoms with Gasteiger partial charge < -0.3 is 10.1 Å². The first-order valence-corrected chi connectivity index (χ1v) is 15.7. The summed E-state index contributed by atoms with van der Waals surface area (Å²) in [5.41, 5.74) is 4.71. The Kier molecular flexibility index (Phi) is 9.54. The summed E-state index contributed by atoms with van der Waals surface area (Å²) in [5.74, 6) is 0.612. The molecule has 2 aromatic rings. The number of aryl methyl sites for hydroxylation is 2. The molecular weight excluding hydrogens is 514 g/mol. The fourth-order valence-corrected chi connectivity index (χ4v) is 7.64. The van der Waals surface area contributed by atoms with E-state index in [1.807, 2.05) is 6.07 Å². The lowest BCUT2D eigenvalue weighted by molar-refractivity contribution is -0.115. The van der Waals surface area contributed by atoms with Crippen LogP contribution in [0.1, 0.15) is 104 Å². The fourth-order valence-electron chi connectivity index (χ4n) is 5.43. The van der Waals surface area contributed by atoms with E-state index in [9.17, 15) is 14.9 Å². The van der Waals surface area contributed by atoms with Crippen LogP contribution in [0.2, 0.25) is 0 Å². The van der Waals surface area contributed by atoms with Crippen LogP contribution >= 0.6 is 23.1 Å². The summed E-state index contributed by atoms with van der Waals surface area (Å²) in [5, 5.41) is 14.1. The minimum Gasteiger partial charge on any atom is -0.462 e. The van der Waals surface area contributed by atoms with Gasteiger partial charge in [-0.3, -0.25) is 4.79 Å². The molecule has 4 rings (SSSR count). The smallest absolute Gasteiger partial charge is 0.341 e. The number of pyridine rings is 1. The van der Waals surface area contributed by atoms with Crippen molar-refractivity contribution in [3.63, 3.8) is 0 Å². The highest BCUT2D eigenvalue weighted by atomic mass is 32.2. The second-order valence-corrected chi connectivity index (χ2v) is 13.5. The van der Waals surface area contributed by atoms with Crippen LogP contribution in [-0.4, -0.2) is 29.2 Å². The van der Waals surface area contributed by atoms with Gasteiger partial charge in [-0.05, 0) is 80.4 Å². The van der Waals surface area contributed by atoms with Crippen LogP contribution in [0.25, 0.3) is 0 Å². The Labute approximate surface area is 235 Å². The molecule has 204 valence electrons. The van der Waals surface area contributed by atoms with Crippen molar-refractivity contribution in [2.24, 2.45) is 11.3 Å². The van der Waals surface area contributed by atoms with Gasteiger partial charge in [-0.15, -0.1) is 23.1 Å². The molecule has 2 aromatic heterocycles. The first-order valence-electron chi connectivity index (χ1n) is 13.9. The summed E-state index contributed by atoms with van der Waals surface area (Å²) in [7, 11) is 0. The third-order valence-corrected chi connectivity index (χ3v) is 9.87. The van der Waals surface area contributed by atoms with Gasteiger partial charge in [0.25, 0.3) is 0 Å². The Morgan fingerprint density at radius 1 is 1.21 bits per heavy atom. The lowest BCUT2D eigenvalue weighted by Gasteiger charge is -2.34. The summed E-state index contributed by atoms with van der Waals surface area (Å²) in [6.45, 7) is 8.94. The van der Waals surface area contributed by atoms with E-state index in [1.54, 1.807) is 6.92 Å². The van der Waals surface area contributed by atoms with E-state index in [1.165, 1.54) is 40.0 Å². The van der Waals surface area contributed by atoms with Gasteiger partial charge in [0.05, 0.1) is 17.7 Å². The highest BCUT2D eigenvalue weighted by molar-refractivity contribution is 7.99. The van der Waals surface area contributed by atoms with E-state index in [2.05, 4.69) is 32.2 Å². The van der Waals surface area contributed by atoms with Crippen molar-refractivity contribution >= 4 is 40.0 Å². The molecule has 1 amide bonds. The molecule has 0 bridgehead atoms. The van der Waals surface area contributed by atoms with Crippen molar-refractivity contribution in [3.05, 3.63) is 38.9 Å². The van der Waals surface area contributed by atoms with Gasteiger partial charge in [0.2, 0.25) is 5.91 Å². The summed E-state index contributed by atoms with van der Waals surface area (Å²) in [4.78, 5) is 31.8. The zero-order chi connectivity index (χ0) is 27.3. The van der Waals surface area contributed by atoms with E-state index in [-0.39, 0.29) is 23.7 Å². The van der Waals surface area contributed by atoms with Crippen molar-refractivity contribution in [2.75, 3.05) is 17.7 Å². The largest absolute Gasteiger partial charge is 0.462 e. The van der Waals surface area contributed by atoms with E-state index < -0.39 is 0 Å². The summed E-state index contributed by atoms with van der Waals surface area (Å²) in [6, 6.07) is 4.32. The number of nitriles is 1. The number of hydrogen-bond donors (Lipinski definition) is 1. The summed E-state index contributed by atoms with van der Waals surface area (Å²) in [6.07, 6.45) is 9.56. The molecule has 8 heteroatoms. The molecule has 0 aliphatic heterocycles. The first-order chi connectivity index (χ1) is 18.2. The van der Waals surface area contributed by atoms with E-state index >= 15 is 0 Å². The number of nitrogens with zero attached hydrogens (tertiary/aromatic N) is 2. The number of hydrogen-bond acceptors (Lipinski definition) is 7. The number of rotatable bonds is 7. The number of thioether (sulfide) groups is 1. The van der Waals surface area contributed by atoms with Gasteiger partial charge in [-0.25, -0.2) is 9.78 Å². The topological polar surface area (TPSA) is 92.1 Å². The highest BCUT2D eigenvalue weighted by Crippen LogP contribution is 2.39. The normalized spacial score (nSPS) is 17.4. The lowest BCUT2D eigenvalue weighted by Crippen LogP contribution is -2.27. The monoisotopic (exact) mass is 553 g/mol. The molecule has 1 atom stereocenters. The average Bonchev–Trinajstić information content (AvgIpc) is 3.18. The molecule has 0 fully saturated rings. The third-order valence-electron chi connectivity index (χ3n) is 7.67. The van der Waals surface area contributed by atoms with Crippen molar-refractivity contribution in [3.8, 4) is 6.07 Å². The van der Waals surface area contributed by atoms with E-state index in [4.69, 9.17) is 9.72 Å². The van der Waals surface area contributed by atoms with Gasteiger partial charge in [0.15, 0.2) is 0 Å². The number of amides is 1. The van der Waals surface area contributed by atoms with Gasteiger partial charge in [0.1, 0.15) is 16.1 Å². The SMILES string of the molecule is CCOC(=O)c1c(NC(=O)CCSc2nc3c(cc2C#N)CC(C(C)(C)C)CC3)sc2c1CCCCCC2. The lowest BCUT2D eigenvalue weighted by atomic mass is 9.71. The molecule has 1 N–H and O–H groups in total. The predicted octanol–water partition coefficient (Wildman–Crippen LogP) is 7.12. The Morgan fingerprint density at radius 2 is 1.97 bits per heavy atom. The highest BCUT2D eigenvalue weighted by Gasteiger charge is 2.30. The quantitative estimate of drug-likeness (QED) is 0.290. The molecule has 0 spiro atoms. The number of thiophene rings is 1. The molecule has 1 unspecified atom stereocenters. The Hall–Kier alpha value is -2.37. The fraction of sp³-hybridized carbons (Fsp3) is 0.600. The van der Waals surface area contributed by atoms with Gasteiger partial charge in [-0.2, -0.15) is 5.26 Å².